The van der Waals surface area contributed by atoms with Crippen molar-refractivity contribution >= 4 is 51.5 Å². The van der Waals surface area contributed by atoms with Crippen molar-refractivity contribution in [1.82, 2.24) is 0 Å². The maximum absolute atomic E-state index is 11.7. The van der Waals surface area contributed by atoms with Gasteiger partial charge in [0, 0.05) is 0 Å². The second-order valence-corrected chi connectivity index (χ2v) is 6.70. The minimum absolute atomic E-state index is 0.277. The van der Waals surface area contributed by atoms with Crippen LogP contribution in [0.15, 0.2) is 22.0 Å². The number of benzene rings is 1. The van der Waals surface area contributed by atoms with Crippen molar-refractivity contribution < 1.29 is 14.3 Å². The van der Waals surface area contributed by atoms with Gasteiger partial charge in [0.15, 0.2) is 16.7 Å². The van der Waals surface area contributed by atoms with Gasteiger partial charge in [0.05, 0.1) is 21.7 Å². The van der Waals surface area contributed by atoms with E-state index >= 15 is 0 Å². The van der Waals surface area contributed by atoms with Gasteiger partial charge in [-0.1, -0.05) is 6.92 Å². The van der Waals surface area contributed by atoms with Crippen molar-refractivity contribution in [3.63, 3.8) is 0 Å². The molecule has 5 nitrogen and oxygen atoms in total. The molecule has 0 bridgehead atoms. The van der Waals surface area contributed by atoms with Crippen LogP contribution in [0.3, 0.4) is 0 Å². The van der Waals surface area contributed by atoms with E-state index in [1.165, 1.54) is 11.8 Å². The Kier molecular flexibility index (Phi) is 6.13. The Morgan fingerprint density at radius 2 is 2.14 bits per heavy atom. The van der Waals surface area contributed by atoms with Crippen molar-refractivity contribution in [2.24, 2.45) is 10.7 Å². The molecule has 0 saturated heterocycles. The van der Waals surface area contributed by atoms with Crippen molar-refractivity contribution in [2.45, 2.75) is 20.3 Å². The zero-order valence-electron chi connectivity index (χ0n) is 12.4. The highest BCUT2D eigenvalue weighted by atomic mass is 127. The molecule has 0 spiro atoms. The number of ether oxygens (including phenoxy) is 2. The van der Waals surface area contributed by atoms with Gasteiger partial charge in [0.1, 0.15) is 0 Å². The Labute approximate surface area is 147 Å². The summed E-state index contributed by atoms with van der Waals surface area (Å²) in [6, 6.07) is 3.81. The lowest BCUT2D eigenvalue weighted by atomic mass is 10.2. The van der Waals surface area contributed by atoms with Gasteiger partial charge >= 0.3 is 0 Å². The predicted molar refractivity (Wildman–Crippen MR) is 98.3 cm³/mol. The molecule has 0 aliphatic carbocycles. The maximum atomic E-state index is 11.7. The van der Waals surface area contributed by atoms with E-state index in [2.05, 4.69) is 34.5 Å². The van der Waals surface area contributed by atoms with Crippen LogP contribution < -0.4 is 15.2 Å². The number of nitrogens with two attached hydrogens (primary N) is 1. The fourth-order valence-corrected chi connectivity index (χ4v) is 3.32. The van der Waals surface area contributed by atoms with E-state index in [1.54, 1.807) is 6.08 Å². The molecule has 118 valence electrons. The largest absolute Gasteiger partial charge is 0.490 e. The summed E-state index contributed by atoms with van der Waals surface area (Å²) in [5.41, 5.74) is 6.42. The Morgan fingerprint density at radius 1 is 1.36 bits per heavy atom. The van der Waals surface area contributed by atoms with Crippen LogP contribution in [0.4, 0.5) is 0 Å². The second-order valence-electron chi connectivity index (χ2n) is 4.48. The molecule has 1 aromatic carbocycles. The number of hydrogen-bond acceptors (Lipinski definition) is 5. The van der Waals surface area contributed by atoms with Gasteiger partial charge in [-0.2, -0.15) is 4.99 Å². The molecule has 1 amide bonds. The van der Waals surface area contributed by atoms with E-state index in [4.69, 9.17) is 15.2 Å². The van der Waals surface area contributed by atoms with Crippen molar-refractivity contribution in [1.29, 1.82) is 0 Å². The van der Waals surface area contributed by atoms with Crippen molar-refractivity contribution in [3.05, 3.63) is 26.2 Å². The number of rotatable bonds is 6. The molecule has 0 aromatic heterocycles. The third-order valence-corrected chi connectivity index (χ3v) is 4.33. The first-order valence-electron chi connectivity index (χ1n) is 6.92. The van der Waals surface area contributed by atoms with E-state index in [-0.39, 0.29) is 11.1 Å². The monoisotopic (exact) mass is 432 g/mol. The van der Waals surface area contributed by atoms with Gasteiger partial charge < -0.3 is 15.2 Å². The lowest BCUT2D eigenvalue weighted by Gasteiger charge is -2.14. The zero-order chi connectivity index (χ0) is 16.1. The third-order valence-electron chi connectivity index (χ3n) is 2.72. The van der Waals surface area contributed by atoms with E-state index in [1.807, 2.05) is 19.1 Å². The number of hydrogen-bond donors (Lipinski definition) is 1. The highest BCUT2D eigenvalue weighted by Gasteiger charge is 2.20. The highest BCUT2D eigenvalue weighted by Crippen LogP contribution is 2.36. The summed E-state index contributed by atoms with van der Waals surface area (Å²) in [4.78, 5) is 15.9. The van der Waals surface area contributed by atoms with E-state index in [0.29, 0.717) is 23.9 Å². The summed E-state index contributed by atoms with van der Waals surface area (Å²) in [5.74, 6) is 1.12. The van der Waals surface area contributed by atoms with E-state index < -0.39 is 0 Å². The van der Waals surface area contributed by atoms with E-state index in [9.17, 15) is 4.79 Å². The molecule has 2 N–H and O–H groups in total. The van der Waals surface area contributed by atoms with Gasteiger partial charge in [0.25, 0.3) is 5.91 Å². The zero-order valence-corrected chi connectivity index (χ0v) is 15.4. The van der Waals surface area contributed by atoms with Crippen LogP contribution in [0.5, 0.6) is 11.5 Å². The van der Waals surface area contributed by atoms with Crippen LogP contribution in [-0.2, 0) is 4.79 Å². The lowest BCUT2D eigenvalue weighted by molar-refractivity contribution is -0.113. The smallest absolute Gasteiger partial charge is 0.286 e. The average Bonchev–Trinajstić information content (AvgIpc) is 2.76. The second kappa shape index (κ2) is 7.87. The number of amidine groups is 1. The SMILES string of the molecule is CCCOc1c(I)cc(/C=C2/SC(N)=NC2=O)cc1OCC. The topological polar surface area (TPSA) is 73.9 Å². The Morgan fingerprint density at radius 3 is 2.73 bits per heavy atom. The van der Waals surface area contributed by atoms with Gasteiger partial charge in [-0.05, 0) is 71.5 Å². The quantitative estimate of drug-likeness (QED) is 0.551. The third kappa shape index (κ3) is 4.16. The fourth-order valence-electron chi connectivity index (χ4n) is 1.86. The molecule has 0 atom stereocenters. The molecule has 1 aromatic rings. The minimum Gasteiger partial charge on any atom is -0.490 e. The molecule has 0 unspecified atom stereocenters. The number of carbonyl (C=O) groups is 1. The van der Waals surface area contributed by atoms with Gasteiger partial charge in [-0.15, -0.1) is 0 Å². The van der Waals surface area contributed by atoms with Crippen molar-refractivity contribution in [3.8, 4) is 11.5 Å². The van der Waals surface area contributed by atoms with Crippen LogP contribution in [0.25, 0.3) is 6.08 Å². The molecule has 1 aliphatic rings. The van der Waals surface area contributed by atoms with Crippen LogP contribution in [0, 0.1) is 3.57 Å². The summed E-state index contributed by atoms with van der Waals surface area (Å²) in [6.45, 7) is 5.16. The predicted octanol–water partition coefficient (Wildman–Crippen LogP) is 3.41. The van der Waals surface area contributed by atoms with Crippen molar-refractivity contribution in [2.75, 3.05) is 13.2 Å². The summed E-state index contributed by atoms with van der Waals surface area (Å²) >= 11 is 3.38. The van der Waals surface area contributed by atoms with Gasteiger partial charge in [-0.3, -0.25) is 4.79 Å². The lowest BCUT2D eigenvalue weighted by Crippen LogP contribution is -2.02. The van der Waals surface area contributed by atoms with Crippen LogP contribution in [0.1, 0.15) is 25.8 Å². The molecule has 1 heterocycles. The first-order chi connectivity index (χ1) is 10.5. The number of amides is 1. The van der Waals surface area contributed by atoms with Gasteiger partial charge in [-0.25, -0.2) is 0 Å². The number of carbonyl (C=O) groups excluding carboxylic acids is 1. The fraction of sp³-hybridized carbons (Fsp3) is 0.333. The standard InChI is InChI=1S/C15H17IN2O3S/c1-3-5-21-13-10(16)6-9(7-11(13)20-4-2)8-12-14(19)18-15(17)22-12/h6-8H,3-5H2,1-2H3,(H2,17,18,19)/b12-8+. The maximum Gasteiger partial charge on any atom is 0.286 e. The normalized spacial score (nSPS) is 16.0. The average molecular weight is 432 g/mol. The Bertz CT molecular complexity index is 644. The summed E-state index contributed by atoms with van der Waals surface area (Å²) in [7, 11) is 0. The Hall–Kier alpha value is -1.22. The molecule has 1 aliphatic heterocycles. The minimum atomic E-state index is -0.304. The molecule has 0 radical (unpaired) electrons. The molecular weight excluding hydrogens is 415 g/mol. The number of thioether (sulfide) groups is 1. The molecule has 22 heavy (non-hydrogen) atoms. The Balaban J connectivity index is 2.34. The first kappa shape index (κ1) is 17.1. The van der Waals surface area contributed by atoms with Crippen LogP contribution >= 0.6 is 34.4 Å². The highest BCUT2D eigenvalue weighted by molar-refractivity contribution is 14.1. The van der Waals surface area contributed by atoms with Crippen LogP contribution in [0.2, 0.25) is 0 Å². The summed E-state index contributed by atoms with van der Waals surface area (Å²) in [6.07, 6.45) is 2.69. The van der Waals surface area contributed by atoms with E-state index in [0.717, 1.165) is 21.3 Å². The summed E-state index contributed by atoms with van der Waals surface area (Å²) < 4.78 is 12.4. The molecular formula is C15H17IN2O3S. The summed E-state index contributed by atoms with van der Waals surface area (Å²) in [5, 5.41) is 0.277. The molecule has 7 heteroatoms. The number of aliphatic imine (C=N–C) groups is 1. The number of nitrogens with zero attached hydrogens (tertiary/aromatic N) is 1. The van der Waals surface area contributed by atoms with Gasteiger partial charge in [0.2, 0.25) is 0 Å². The molecule has 0 fully saturated rings. The molecule has 0 saturated carbocycles. The number of halogens is 1. The molecule has 2 rings (SSSR count). The van der Waals surface area contributed by atoms with Crippen LogP contribution in [-0.4, -0.2) is 24.3 Å². The first-order valence-corrected chi connectivity index (χ1v) is 8.81.